The maximum Gasteiger partial charge on any atom is 0.161 e. The van der Waals surface area contributed by atoms with Crippen LogP contribution < -0.4 is 9.47 Å². The van der Waals surface area contributed by atoms with E-state index in [0.29, 0.717) is 39.5 Å². The summed E-state index contributed by atoms with van der Waals surface area (Å²) in [6.45, 7) is 0.310. The Morgan fingerprint density at radius 2 is 1.90 bits per heavy atom. The molecule has 5 nitrogen and oxygen atoms in total. The van der Waals surface area contributed by atoms with Gasteiger partial charge >= 0.3 is 0 Å². The van der Waals surface area contributed by atoms with Gasteiger partial charge in [0.15, 0.2) is 11.5 Å². The average Bonchev–Trinajstić information content (AvgIpc) is 3.22. The van der Waals surface area contributed by atoms with Gasteiger partial charge in [-0.25, -0.2) is 4.98 Å². The number of fused-ring (bicyclic) bond motifs is 1. The van der Waals surface area contributed by atoms with Gasteiger partial charge in [0.25, 0.3) is 0 Å². The summed E-state index contributed by atoms with van der Waals surface area (Å²) < 4.78 is 11.4. The molecule has 1 heterocycles. The van der Waals surface area contributed by atoms with E-state index in [1.54, 1.807) is 31.4 Å². The summed E-state index contributed by atoms with van der Waals surface area (Å²) in [5.74, 6) is 1.64. The van der Waals surface area contributed by atoms with Crippen LogP contribution in [0.4, 0.5) is 0 Å². The van der Waals surface area contributed by atoms with Gasteiger partial charge in [-0.3, -0.25) is 0 Å². The second kappa shape index (κ2) is 9.13. The predicted molar refractivity (Wildman–Crippen MR) is 123 cm³/mol. The molecule has 31 heavy (non-hydrogen) atoms. The van der Waals surface area contributed by atoms with Crippen molar-refractivity contribution in [2.45, 2.75) is 6.61 Å². The monoisotopic (exact) mass is 449 g/mol. The van der Waals surface area contributed by atoms with Crippen molar-refractivity contribution in [1.82, 2.24) is 9.97 Å². The molecule has 0 aliphatic heterocycles. The molecule has 0 fully saturated rings. The lowest BCUT2D eigenvalue weighted by atomic mass is 10.1. The number of nitrogens with zero attached hydrogens (tertiary/aromatic N) is 2. The van der Waals surface area contributed by atoms with Gasteiger partial charge in [0.05, 0.1) is 33.8 Å². The van der Waals surface area contributed by atoms with Crippen molar-refractivity contribution in [2.75, 3.05) is 7.11 Å². The lowest BCUT2D eigenvalue weighted by Gasteiger charge is -2.12. The molecule has 1 N–H and O–H groups in total. The summed E-state index contributed by atoms with van der Waals surface area (Å²) >= 11 is 12.0. The van der Waals surface area contributed by atoms with Crippen molar-refractivity contribution < 1.29 is 9.47 Å². The van der Waals surface area contributed by atoms with Crippen LogP contribution in [0.1, 0.15) is 17.0 Å². The molecule has 0 aliphatic carbocycles. The molecule has 3 aromatic carbocycles. The fourth-order valence-electron chi connectivity index (χ4n) is 3.08. The zero-order valence-electron chi connectivity index (χ0n) is 16.5. The smallest absolute Gasteiger partial charge is 0.161 e. The van der Waals surface area contributed by atoms with Crippen molar-refractivity contribution in [3.8, 4) is 17.6 Å². The van der Waals surface area contributed by atoms with E-state index in [0.717, 1.165) is 22.2 Å². The molecule has 0 saturated carbocycles. The Labute approximate surface area is 189 Å². The number of imidazole rings is 1. The first-order valence-electron chi connectivity index (χ1n) is 9.39. The quantitative estimate of drug-likeness (QED) is 0.340. The first-order chi connectivity index (χ1) is 15.1. The number of rotatable bonds is 6. The summed E-state index contributed by atoms with van der Waals surface area (Å²) in [6, 6.07) is 20.7. The van der Waals surface area contributed by atoms with Crippen molar-refractivity contribution >= 4 is 45.9 Å². The van der Waals surface area contributed by atoms with Crippen LogP contribution in [0.5, 0.6) is 11.5 Å². The largest absolute Gasteiger partial charge is 0.493 e. The Morgan fingerprint density at radius 1 is 1.06 bits per heavy atom. The maximum absolute atomic E-state index is 9.64. The van der Waals surface area contributed by atoms with E-state index in [1.807, 2.05) is 42.5 Å². The first kappa shape index (κ1) is 20.8. The van der Waals surface area contributed by atoms with E-state index in [9.17, 15) is 5.26 Å². The normalized spacial score (nSPS) is 11.4. The molecule has 0 spiro atoms. The molecule has 0 atom stereocenters. The summed E-state index contributed by atoms with van der Waals surface area (Å²) in [5.41, 5.74) is 3.78. The topological polar surface area (TPSA) is 70.9 Å². The minimum atomic E-state index is 0.310. The van der Waals surface area contributed by atoms with Crippen molar-refractivity contribution in [1.29, 1.82) is 5.26 Å². The lowest BCUT2D eigenvalue weighted by molar-refractivity contribution is 0.284. The fourth-order valence-corrected chi connectivity index (χ4v) is 3.41. The van der Waals surface area contributed by atoms with E-state index >= 15 is 0 Å². The van der Waals surface area contributed by atoms with Crippen LogP contribution in [0.2, 0.25) is 10.0 Å². The van der Waals surface area contributed by atoms with Crippen LogP contribution in [0.25, 0.3) is 22.7 Å². The maximum atomic E-state index is 9.64. The minimum absolute atomic E-state index is 0.310. The summed E-state index contributed by atoms with van der Waals surface area (Å²) in [4.78, 5) is 7.67. The van der Waals surface area contributed by atoms with Crippen LogP contribution in [-0.4, -0.2) is 17.1 Å². The number of aromatic amines is 1. The Kier molecular flexibility index (Phi) is 6.13. The SMILES string of the molecule is COc1cc(/C=C(\C#N)c2nc3ccccc3[nH]2)ccc1OCc1ccc(Cl)c(Cl)c1. The molecule has 154 valence electrons. The summed E-state index contributed by atoms with van der Waals surface area (Å²) in [5, 5.41) is 10.6. The number of H-pyrrole nitrogens is 1. The van der Waals surface area contributed by atoms with Gasteiger partial charge in [0, 0.05) is 0 Å². The molecular formula is C24H17Cl2N3O2. The third-order valence-electron chi connectivity index (χ3n) is 4.64. The van der Waals surface area contributed by atoms with Crippen LogP contribution in [0, 0.1) is 11.3 Å². The Morgan fingerprint density at radius 3 is 2.65 bits per heavy atom. The van der Waals surface area contributed by atoms with E-state index in [2.05, 4.69) is 16.0 Å². The Balaban J connectivity index is 1.57. The van der Waals surface area contributed by atoms with E-state index in [1.165, 1.54) is 0 Å². The zero-order valence-corrected chi connectivity index (χ0v) is 18.0. The number of ether oxygens (including phenoxy) is 2. The molecule has 0 unspecified atom stereocenters. The number of hydrogen-bond donors (Lipinski definition) is 1. The fraction of sp³-hybridized carbons (Fsp3) is 0.0833. The highest BCUT2D eigenvalue weighted by molar-refractivity contribution is 6.42. The van der Waals surface area contributed by atoms with Crippen LogP contribution in [-0.2, 0) is 6.61 Å². The minimum Gasteiger partial charge on any atom is -0.493 e. The lowest BCUT2D eigenvalue weighted by Crippen LogP contribution is -1.98. The standard InChI is InChI=1S/C24H17Cl2N3O2/c1-30-23-12-15(7-9-22(23)31-14-16-6-8-18(25)19(26)11-16)10-17(13-27)24-28-20-4-2-3-5-21(20)29-24/h2-12H,14H2,1H3,(H,28,29)/b17-10+. The number of nitrogens with one attached hydrogen (secondary N) is 1. The highest BCUT2D eigenvalue weighted by Crippen LogP contribution is 2.31. The average molecular weight is 450 g/mol. The number of benzene rings is 3. The van der Waals surface area contributed by atoms with Gasteiger partial charge in [-0.05, 0) is 53.6 Å². The Bertz CT molecular complexity index is 1290. The van der Waals surface area contributed by atoms with E-state index in [-0.39, 0.29) is 0 Å². The van der Waals surface area contributed by atoms with Crippen LogP contribution in [0.15, 0.2) is 60.7 Å². The number of nitriles is 1. The van der Waals surface area contributed by atoms with Gasteiger partial charge in [-0.2, -0.15) is 5.26 Å². The molecule has 4 aromatic rings. The van der Waals surface area contributed by atoms with Crippen LogP contribution in [0.3, 0.4) is 0 Å². The Hall–Kier alpha value is -3.46. The first-order valence-corrected chi connectivity index (χ1v) is 10.1. The molecule has 0 radical (unpaired) electrons. The van der Waals surface area contributed by atoms with Crippen molar-refractivity contribution in [3.05, 3.63) is 87.7 Å². The van der Waals surface area contributed by atoms with E-state index < -0.39 is 0 Å². The number of halogens is 2. The second-order valence-corrected chi connectivity index (χ2v) is 7.53. The van der Waals surface area contributed by atoms with Gasteiger partial charge in [0.1, 0.15) is 18.5 Å². The summed E-state index contributed by atoms with van der Waals surface area (Å²) in [7, 11) is 1.57. The molecule has 0 bridgehead atoms. The number of para-hydroxylation sites is 2. The molecule has 4 rings (SSSR count). The second-order valence-electron chi connectivity index (χ2n) is 6.72. The van der Waals surface area contributed by atoms with Crippen molar-refractivity contribution in [3.63, 3.8) is 0 Å². The van der Waals surface area contributed by atoms with Gasteiger partial charge in [0.2, 0.25) is 0 Å². The molecule has 0 saturated heterocycles. The predicted octanol–water partition coefficient (Wildman–Crippen LogP) is 6.52. The van der Waals surface area contributed by atoms with Crippen LogP contribution >= 0.6 is 23.2 Å². The highest BCUT2D eigenvalue weighted by Gasteiger charge is 2.10. The molecule has 1 aromatic heterocycles. The molecular weight excluding hydrogens is 433 g/mol. The third kappa shape index (κ3) is 4.66. The van der Waals surface area contributed by atoms with E-state index in [4.69, 9.17) is 32.7 Å². The van der Waals surface area contributed by atoms with Gasteiger partial charge < -0.3 is 14.5 Å². The zero-order chi connectivity index (χ0) is 21.8. The third-order valence-corrected chi connectivity index (χ3v) is 5.38. The molecule has 0 amide bonds. The van der Waals surface area contributed by atoms with Crippen molar-refractivity contribution in [2.24, 2.45) is 0 Å². The van der Waals surface area contributed by atoms with Gasteiger partial charge in [-0.15, -0.1) is 0 Å². The number of allylic oxidation sites excluding steroid dienone is 1. The number of methoxy groups -OCH3 is 1. The highest BCUT2D eigenvalue weighted by atomic mass is 35.5. The number of hydrogen-bond acceptors (Lipinski definition) is 4. The van der Waals surface area contributed by atoms with Gasteiger partial charge in [-0.1, -0.05) is 47.5 Å². The summed E-state index contributed by atoms with van der Waals surface area (Å²) in [6.07, 6.45) is 1.75. The molecule has 7 heteroatoms. The molecule has 0 aliphatic rings. The number of aromatic nitrogens is 2.